The molecule has 3 aromatic rings. The normalized spacial score (nSPS) is 10.5. The average Bonchev–Trinajstić information content (AvgIpc) is 3.31. The molecule has 174 valence electrons. The van der Waals surface area contributed by atoms with Crippen LogP contribution in [-0.2, 0) is 0 Å². The van der Waals surface area contributed by atoms with E-state index in [-0.39, 0.29) is 28.4 Å². The molecule has 13 nitrogen and oxygen atoms in total. The highest BCUT2D eigenvalue weighted by Crippen LogP contribution is 2.43. The Kier molecular flexibility index (Phi) is 6.56. The number of benzene rings is 2. The van der Waals surface area contributed by atoms with Gasteiger partial charge in [-0.25, -0.2) is 36.3 Å². The van der Waals surface area contributed by atoms with Crippen LogP contribution in [0.3, 0.4) is 0 Å². The number of amides is 4. The van der Waals surface area contributed by atoms with Gasteiger partial charge in [-0.15, -0.1) is 0 Å². The van der Waals surface area contributed by atoms with Crippen molar-refractivity contribution in [3.63, 3.8) is 0 Å². The van der Waals surface area contributed by atoms with E-state index >= 15 is 0 Å². The van der Waals surface area contributed by atoms with Gasteiger partial charge in [0.1, 0.15) is 28.6 Å². The van der Waals surface area contributed by atoms with Gasteiger partial charge in [0, 0.05) is 23.3 Å². The van der Waals surface area contributed by atoms with E-state index in [0.717, 1.165) is 0 Å². The number of carbonyl (C=O) groups is 2. The molecule has 8 N–H and O–H groups in total. The summed E-state index contributed by atoms with van der Waals surface area (Å²) < 4.78 is 21.6. The number of urea groups is 2. The van der Waals surface area contributed by atoms with Crippen molar-refractivity contribution in [2.24, 2.45) is 23.2 Å². The van der Waals surface area contributed by atoms with E-state index in [4.69, 9.17) is 41.8 Å². The topological polar surface area (TPSA) is 198 Å². The molecular weight excluding hydrogens is 434 g/mol. The zero-order valence-electron chi connectivity index (χ0n) is 18.1. The summed E-state index contributed by atoms with van der Waals surface area (Å²) in [6.07, 6.45) is 1.20. The number of hydrazine groups is 2. The van der Waals surface area contributed by atoms with E-state index in [1.54, 1.807) is 18.2 Å². The van der Waals surface area contributed by atoms with Crippen LogP contribution in [0.1, 0.15) is 0 Å². The van der Waals surface area contributed by atoms with Crippen molar-refractivity contribution in [1.82, 2.24) is 4.98 Å². The van der Waals surface area contributed by atoms with Gasteiger partial charge in [-0.1, -0.05) is 0 Å². The Balaban J connectivity index is 2.31. The van der Waals surface area contributed by atoms with Gasteiger partial charge in [0.25, 0.3) is 0 Å². The summed E-state index contributed by atoms with van der Waals surface area (Å²) in [6, 6.07) is 5.95. The molecule has 33 heavy (non-hydrogen) atoms. The first-order valence-corrected chi connectivity index (χ1v) is 9.29. The molecule has 0 atom stereocenters. The van der Waals surface area contributed by atoms with Crippen molar-refractivity contribution in [2.45, 2.75) is 0 Å². The number of nitrogens with two attached hydrogens (primary N) is 4. The van der Waals surface area contributed by atoms with Crippen LogP contribution in [0.4, 0.5) is 21.0 Å². The molecule has 2 aromatic carbocycles. The predicted octanol–water partition coefficient (Wildman–Crippen LogP) is 1.55. The van der Waals surface area contributed by atoms with Gasteiger partial charge in [-0.2, -0.15) is 0 Å². The number of hydrogen-bond donors (Lipinski definition) is 4. The van der Waals surface area contributed by atoms with Crippen LogP contribution < -0.4 is 47.4 Å². The van der Waals surface area contributed by atoms with Gasteiger partial charge in [-0.3, -0.25) is 0 Å². The maximum absolute atomic E-state index is 11.9. The highest BCUT2D eigenvalue weighted by molar-refractivity contribution is 6.00. The molecular formula is C20H23N7O6. The summed E-state index contributed by atoms with van der Waals surface area (Å²) in [7, 11) is 4.36. The number of carbonyl (C=O) groups excluding carboxylic acids is 2. The van der Waals surface area contributed by atoms with E-state index in [2.05, 4.69) is 4.98 Å². The van der Waals surface area contributed by atoms with Crippen molar-refractivity contribution in [3.05, 3.63) is 36.7 Å². The Morgan fingerprint density at radius 1 is 0.848 bits per heavy atom. The molecule has 13 heteroatoms. The average molecular weight is 457 g/mol. The molecule has 0 aliphatic rings. The number of oxazole rings is 1. The molecule has 0 radical (unpaired) electrons. The first-order valence-electron chi connectivity index (χ1n) is 9.29. The lowest BCUT2D eigenvalue weighted by Crippen LogP contribution is -2.43. The SMILES string of the molecule is COc1cc(OC)cc(-c2ncoc2-c2cc(N(N)C(N)=O)c(OC)cc2N(N)C(N)=O)c1. The fourth-order valence-electron chi connectivity index (χ4n) is 3.12. The van der Waals surface area contributed by atoms with Crippen LogP contribution in [0.15, 0.2) is 41.1 Å². The monoisotopic (exact) mass is 457 g/mol. The fraction of sp³-hybridized carbons (Fsp3) is 0.150. The quantitative estimate of drug-likeness (QED) is 0.231. The summed E-state index contributed by atoms with van der Waals surface area (Å²) in [5, 5.41) is 1.35. The number of aromatic nitrogens is 1. The molecule has 0 bridgehead atoms. The van der Waals surface area contributed by atoms with Crippen molar-refractivity contribution < 1.29 is 28.2 Å². The van der Waals surface area contributed by atoms with E-state index in [1.165, 1.54) is 39.9 Å². The number of primary amides is 2. The van der Waals surface area contributed by atoms with Crippen LogP contribution in [0.25, 0.3) is 22.6 Å². The fourth-order valence-corrected chi connectivity index (χ4v) is 3.12. The first-order chi connectivity index (χ1) is 15.7. The Hall–Kier alpha value is -4.49. The van der Waals surface area contributed by atoms with Gasteiger partial charge in [-0.05, 0) is 18.2 Å². The van der Waals surface area contributed by atoms with Crippen LogP contribution >= 0.6 is 0 Å². The minimum atomic E-state index is -0.963. The molecule has 0 unspecified atom stereocenters. The zero-order valence-corrected chi connectivity index (χ0v) is 18.1. The molecule has 0 aliphatic heterocycles. The number of ether oxygens (including phenoxy) is 3. The summed E-state index contributed by atoms with van der Waals surface area (Å²) in [6.45, 7) is 0. The number of hydrogen-bond acceptors (Lipinski definition) is 9. The van der Waals surface area contributed by atoms with Gasteiger partial charge in [0.15, 0.2) is 12.2 Å². The number of nitrogens with zero attached hydrogens (tertiary/aromatic N) is 3. The molecule has 3 rings (SSSR count). The third-order valence-electron chi connectivity index (χ3n) is 4.73. The van der Waals surface area contributed by atoms with Gasteiger partial charge in [0.05, 0.1) is 27.0 Å². The summed E-state index contributed by atoms with van der Waals surface area (Å²) in [5.41, 5.74) is 12.0. The van der Waals surface area contributed by atoms with E-state index < -0.39 is 12.1 Å². The second-order valence-corrected chi connectivity index (χ2v) is 6.59. The minimum absolute atomic E-state index is 0.0761. The second kappa shape index (κ2) is 9.33. The molecule has 0 spiro atoms. The Bertz CT molecular complexity index is 1170. The molecule has 0 saturated heterocycles. The third-order valence-corrected chi connectivity index (χ3v) is 4.73. The standard InChI is InChI=1S/C20H23N7O6/c1-30-11-4-10(5-12(6-11)31-2)17-18(33-9-25-17)13-7-15(27(24)20(22)29)16(32-3)8-14(13)26(23)19(21)28/h4-9H,23-24H2,1-3H3,(H2,21,28)(H2,22,29). The predicted molar refractivity (Wildman–Crippen MR) is 120 cm³/mol. The van der Waals surface area contributed by atoms with Gasteiger partial charge < -0.3 is 30.1 Å². The van der Waals surface area contributed by atoms with Gasteiger partial charge >= 0.3 is 12.1 Å². The van der Waals surface area contributed by atoms with Crippen LogP contribution in [0, 0.1) is 0 Å². The van der Waals surface area contributed by atoms with Crippen LogP contribution in [0.5, 0.6) is 17.2 Å². The van der Waals surface area contributed by atoms with Crippen LogP contribution in [0.2, 0.25) is 0 Å². The summed E-state index contributed by atoms with van der Waals surface area (Å²) >= 11 is 0. The van der Waals surface area contributed by atoms with E-state index in [0.29, 0.717) is 32.8 Å². The Morgan fingerprint density at radius 2 is 1.42 bits per heavy atom. The summed E-state index contributed by atoms with van der Waals surface area (Å²) in [4.78, 5) is 27.9. The molecule has 4 amide bonds. The highest BCUT2D eigenvalue weighted by atomic mass is 16.5. The molecule has 1 heterocycles. The van der Waals surface area contributed by atoms with Crippen molar-refractivity contribution in [2.75, 3.05) is 31.3 Å². The third kappa shape index (κ3) is 4.44. The van der Waals surface area contributed by atoms with Crippen molar-refractivity contribution >= 4 is 23.4 Å². The molecule has 0 aliphatic carbocycles. The number of anilines is 2. The second-order valence-electron chi connectivity index (χ2n) is 6.59. The lowest BCUT2D eigenvalue weighted by molar-refractivity contribution is 0.253. The minimum Gasteiger partial charge on any atom is -0.497 e. The van der Waals surface area contributed by atoms with Gasteiger partial charge in [0.2, 0.25) is 0 Å². The summed E-state index contributed by atoms with van der Waals surface area (Å²) in [5.74, 6) is 13.0. The lowest BCUT2D eigenvalue weighted by atomic mass is 10.0. The maximum Gasteiger partial charge on any atom is 0.333 e. The van der Waals surface area contributed by atoms with E-state index in [1.807, 2.05) is 0 Å². The smallest absolute Gasteiger partial charge is 0.333 e. The highest BCUT2D eigenvalue weighted by Gasteiger charge is 2.26. The zero-order chi connectivity index (χ0) is 24.3. The Labute approximate surface area is 188 Å². The molecule has 0 fully saturated rings. The Morgan fingerprint density at radius 3 is 1.94 bits per heavy atom. The van der Waals surface area contributed by atoms with Crippen molar-refractivity contribution in [1.29, 1.82) is 0 Å². The van der Waals surface area contributed by atoms with E-state index in [9.17, 15) is 9.59 Å². The molecule has 1 aromatic heterocycles. The maximum atomic E-state index is 11.9. The lowest BCUT2D eigenvalue weighted by Gasteiger charge is -2.23. The first kappa shape index (κ1) is 23.2. The van der Waals surface area contributed by atoms with Crippen LogP contribution in [-0.4, -0.2) is 38.4 Å². The largest absolute Gasteiger partial charge is 0.497 e. The molecule has 0 saturated carbocycles. The van der Waals surface area contributed by atoms with Crippen molar-refractivity contribution in [3.8, 4) is 39.8 Å². The number of methoxy groups -OCH3 is 3. The number of rotatable bonds is 7.